The number of carbonyl (C=O) groups is 1. The van der Waals surface area contributed by atoms with Crippen LogP contribution in [0.15, 0.2) is 18.2 Å². The number of benzene rings is 1. The van der Waals surface area contributed by atoms with E-state index in [0.717, 1.165) is 13.0 Å². The minimum Gasteiger partial charge on any atom is -0.385 e. The van der Waals surface area contributed by atoms with E-state index in [1.54, 1.807) is 13.1 Å². The average Bonchev–Trinajstić information content (AvgIpc) is 2.49. The van der Waals surface area contributed by atoms with E-state index < -0.39 is 4.92 Å². The van der Waals surface area contributed by atoms with Crippen LogP contribution in [0.2, 0.25) is 0 Å². The van der Waals surface area contributed by atoms with Crippen molar-refractivity contribution in [3.63, 3.8) is 0 Å². The number of carbonyl (C=O) groups excluding carboxylic acids is 1. The zero-order valence-electron chi connectivity index (χ0n) is 12.6. The van der Waals surface area contributed by atoms with Crippen LogP contribution < -0.4 is 5.32 Å². The Bertz CT molecular complexity index is 505. The molecule has 1 aromatic rings. The molecular formula is C14H21N3O4. The van der Waals surface area contributed by atoms with Gasteiger partial charge in [0.1, 0.15) is 5.56 Å². The van der Waals surface area contributed by atoms with Gasteiger partial charge in [-0.15, -0.1) is 0 Å². The number of hydrogen-bond donors (Lipinski definition) is 1. The van der Waals surface area contributed by atoms with Crippen LogP contribution in [0.3, 0.4) is 0 Å². The zero-order chi connectivity index (χ0) is 15.8. The maximum absolute atomic E-state index is 12.3. The molecule has 0 aliphatic heterocycles. The molecule has 0 spiro atoms. The van der Waals surface area contributed by atoms with Crippen LogP contribution in [0, 0.1) is 10.1 Å². The number of likely N-dealkylation sites (N-methyl/N-ethyl adjacent to an activating group) is 1. The van der Waals surface area contributed by atoms with Gasteiger partial charge < -0.3 is 15.0 Å². The van der Waals surface area contributed by atoms with Crippen LogP contribution >= 0.6 is 0 Å². The predicted molar refractivity (Wildman–Crippen MR) is 80.7 cm³/mol. The highest BCUT2D eigenvalue weighted by atomic mass is 16.6. The lowest BCUT2D eigenvalue weighted by molar-refractivity contribution is -0.385. The second kappa shape index (κ2) is 8.21. The Morgan fingerprint density at radius 3 is 2.76 bits per heavy atom. The van der Waals surface area contributed by atoms with E-state index in [2.05, 4.69) is 5.32 Å². The molecule has 0 unspecified atom stereocenters. The van der Waals surface area contributed by atoms with Crippen molar-refractivity contribution in [3.8, 4) is 0 Å². The van der Waals surface area contributed by atoms with E-state index in [1.807, 2.05) is 6.92 Å². The van der Waals surface area contributed by atoms with Crippen molar-refractivity contribution in [2.75, 3.05) is 39.2 Å². The topological polar surface area (TPSA) is 84.7 Å². The summed E-state index contributed by atoms with van der Waals surface area (Å²) in [5, 5.41) is 14.2. The van der Waals surface area contributed by atoms with Crippen LogP contribution in [0.4, 0.5) is 11.4 Å². The predicted octanol–water partition coefficient (Wildman–Crippen LogP) is 2.14. The number of ether oxygens (including phenoxy) is 1. The number of methoxy groups -OCH3 is 1. The van der Waals surface area contributed by atoms with Gasteiger partial charge in [-0.3, -0.25) is 14.9 Å². The van der Waals surface area contributed by atoms with Crippen molar-refractivity contribution in [2.24, 2.45) is 0 Å². The van der Waals surface area contributed by atoms with Gasteiger partial charge in [-0.25, -0.2) is 0 Å². The fraction of sp³-hybridized carbons (Fsp3) is 0.500. The highest BCUT2D eigenvalue weighted by Crippen LogP contribution is 2.24. The number of anilines is 1. The fourth-order valence-electron chi connectivity index (χ4n) is 1.78. The summed E-state index contributed by atoms with van der Waals surface area (Å²) in [5.41, 5.74) is 0.594. The van der Waals surface area contributed by atoms with Gasteiger partial charge in [-0.05, 0) is 18.6 Å². The minimum atomic E-state index is -0.541. The molecule has 0 fully saturated rings. The van der Waals surface area contributed by atoms with Crippen LogP contribution in [0.25, 0.3) is 0 Å². The lowest BCUT2D eigenvalue weighted by Gasteiger charge is -2.17. The maximum atomic E-state index is 12.3. The van der Waals surface area contributed by atoms with Gasteiger partial charge in [0.15, 0.2) is 0 Å². The third-order valence-corrected chi connectivity index (χ3v) is 2.98. The summed E-state index contributed by atoms with van der Waals surface area (Å²) in [7, 11) is 3.13. The smallest absolute Gasteiger partial charge is 0.282 e. The Morgan fingerprint density at radius 2 is 2.19 bits per heavy atom. The normalized spacial score (nSPS) is 10.2. The number of amides is 1. The van der Waals surface area contributed by atoms with Gasteiger partial charge in [0.25, 0.3) is 11.6 Å². The van der Waals surface area contributed by atoms with Crippen LogP contribution in [0.5, 0.6) is 0 Å². The quantitative estimate of drug-likeness (QED) is 0.586. The van der Waals surface area contributed by atoms with Gasteiger partial charge in [0.05, 0.1) is 11.5 Å². The lowest BCUT2D eigenvalue weighted by atomic mass is 10.1. The Hall–Kier alpha value is -2.15. The Labute approximate surface area is 124 Å². The van der Waals surface area contributed by atoms with Crippen molar-refractivity contribution in [2.45, 2.75) is 13.3 Å². The van der Waals surface area contributed by atoms with Crippen LogP contribution in [0.1, 0.15) is 23.7 Å². The number of hydrogen-bond acceptors (Lipinski definition) is 5. The Kier molecular flexibility index (Phi) is 6.61. The molecule has 0 atom stereocenters. The van der Waals surface area contributed by atoms with Gasteiger partial charge in [0, 0.05) is 39.0 Å². The molecule has 7 heteroatoms. The molecule has 0 saturated carbocycles. The van der Waals surface area contributed by atoms with Crippen molar-refractivity contribution < 1.29 is 14.5 Å². The van der Waals surface area contributed by atoms with Crippen molar-refractivity contribution in [3.05, 3.63) is 33.9 Å². The zero-order valence-corrected chi connectivity index (χ0v) is 12.6. The molecule has 116 valence electrons. The summed E-state index contributed by atoms with van der Waals surface area (Å²) in [6.45, 7) is 3.51. The summed E-state index contributed by atoms with van der Waals surface area (Å²) in [6.07, 6.45) is 0.925. The number of rotatable bonds is 8. The molecule has 0 aromatic heterocycles. The van der Waals surface area contributed by atoms with Gasteiger partial charge in [-0.2, -0.15) is 0 Å². The van der Waals surface area contributed by atoms with Gasteiger partial charge >= 0.3 is 0 Å². The first-order chi connectivity index (χ1) is 10.0. The average molecular weight is 295 g/mol. The molecule has 1 rings (SSSR count). The van der Waals surface area contributed by atoms with Crippen molar-refractivity contribution >= 4 is 17.3 Å². The fourth-order valence-corrected chi connectivity index (χ4v) is 1.78. The highest BCUT2D eigenvalue weighted by Gasteiger charge is 2.23. The molecular weight excluding hydrogens is 274 g/mol. The molecule has 0 aliphatic rings. The molecule has 1 aromatic carbocycles. The molecule has 0 radical (unpaired) electrons. The molecule has 0 aliphatic carbocycles. The number of nitro benzene ring substituents is 1. The Morgan fingerprint density at radius 1 is 1.48 bits per heavy atom. The van der Waals surface area contributed by atoms with Gasteiger partial charge in [-0.1, -0.05) is 6.92 Å². The number of nitro groups is 1. The summed E-state index contributed by atoms with van der Waals surface area (Å²) in [4.78, 5) is 24.3. The lowest BCUT2D eigenvalue weighted by Crippen LogP contribution is -2.30. The molecule has 0 saturated heterocycles. The number of nitrogens with one attached hydrogen (secondary N) is 1. The van der Waals surface area contributed by atoms with Crippen LogP contribution in [-0.2, 0) is 4.74 Å². The first-order valence-electron chi connectivity index (χ1n) is 6.78. The third kappa shape index (κ3) is 4.71. The molecule has 0 heterocycles. The maximum Gasteiger partial charge on any atom is 0.282 e. The molecule has 0 bridgehead atoms. The van der Waals surface area contributed by atoms with E-state index in [-0.39, 0.29) is 17.2 Å². The molecule has 7 nitrogen and oxygen atoms in total. The largest absolute Gasteiger partial charge is 0.385 e. The summed E-state index contributed by atoms with van der Waals surface area (Å²) in [6, 6.07) is 4.49. The minimum absolute atomic E-state index is 0.0831. The standard InChI is InChI=1S/C14H21N3O4/c1-4-7-15-11-5-6-13(17(19)20)12(10-11)14(18)16(2)8-9-21-3/h5-6,10,15H,4,7-9H2,1-3H3. The Balaban J connectivity index is 3.04. The summed E-state index contributed by atoms with van der Waals surface area (Å²) in [5.74, 6) is -0.390. The third-order valence-electron chi connectivity index (χ3n) is 2.98. The second-order valence-corrected chi connectivity index (χ2v) is 4.64. The monoisotopic (exact) mass is 295 g/mol. The highest BCUT2D eigenvalue weighted by molar-refractivity contribution is 5.99. The molecule has 1 amide bonds. The van der Waals surface area contributed by atoms with E-state index in [1.165, 1.54) is 24.1 Å². The van der Waals surface area contributed by atoms with Gasteiger partial charge in [0.2, 0.25) is 0 Å². The van der Waals surface area contributed by atoms with Crippen molar-refractivity contribution in [1.82, 2.24) is 4.90 Å². The number of nitrogens with zero attached hydrogens (tertiary/aromatic N) is 2. The van der Waals surface area contributed by atoms with Crippen molar-refractivity contribution in [1.29, 1.82) is 0 Å². The first-order valence-corrected chi connectivity index (χ1v) is 6.78. The van der Waals surface area contributed by atoms with Crippen LogP contribution in [-0.4, -0.2) is 49.6 Å². The molecule has 1 N–H and O–H groups in total. The van der Waals surface area contributed by atoms with E-state index in [4.69, 9.17) is 4.74 Å². The molecule has 21 heavy (non-hydrogen) atoms. The first kappa shape index (κ1) is 16.9. The summed E-state index contributed by atoms with van der Waals surface area (Å²) < 4.78 is 4.91. The van der Waals surface area contributed by atoms with E-state index in [0.29, 0.717) is 18.8 Å². The second-order valence-electron chi connectivity index (χ2n) is 4.64. The SMILES string of the molecule is CCCNc1ccc([N+](=O)[O-])c(C(=O)N(C)CCOC)c1. The van der Waals surface area contributed by atoms with E-state index >= 15 is 0 Å². The summed E-state index contributed by atoms with van der Waals surface area (Å²) >= 11 is 0. The van der Waals surface area contributed by atoms with E-state index in [9.17, 15) is 14.9 Å².